The van der Waals surface area contributed by atoms with Gasteiger partial charge >= 0.3 is 0 Å². The van der Waals surface area contributed by atoms with E-state index in [1.807, 2.05) is 31.3 Å². The first-order valence-electron chi connectivity index (χ1n) is 6.02. The largest absolute Gasteiger partial charge is 0.448 e. The topological polar surface area (TPSA) is 38.1 Å². The highest BCUT2D eigenvalue weighted by Gasteiger charge is 2.08. The lowest BCUT2D eigenvalue weighted by atomic mass is 10.1. The SMILES string of the molecule is CNC(C)Cc1coc(Cc2cccc(Cl)c2)n1. The summed E-state index contributed by atoms with van der Waals surface area (Å²) in [5.74, 6) is 0.732. The predicted molar refractivity (Wildman–Crippen MR) is 73.0 cm³/mol. The third-order valence-electron chi connectivity index (χ3n) is 2.85. The van der Waals surface area contributed by atoms with Gasteiger partial charge in [0.15, 0.2) is 5.89 Å². The van der Waals surface area contributed by atoms with Gasteiger partial charge in [-0.15, -0.1) is 0 Å². The highest BCUT2D eigenvalue weighted by Crippen LogP contribution is 2.15. The van der Waals surface area contributed by atoms with E-state index < -0.39 is 0 Å². The summed E-state index contributed by atoms with van der Waals surface area (Å²) in [5, 5.41) is 3.92. The van der Waals surface area contributed by atoms with E-state index in [0.29, 0.717) is 12.5 Å². The lowest BCUT2D eigenvalue weighted by Crippen LogP contribution is -2.23. The summed E-state index contributed by atoms with van der Waals surface area (Å²) < 4.78 is 5.47. The van der Waals surface area contributed by atoms with Crippen LogP contribution >= 0.6 is 11.6 Å². The second-order valence-electron chi connectivity index (χ2n) is 4.43. The van der Waals surface area contributed by atoms with Crippen LogP contribution in [0.4, 0.5) is 0 Å². The molecule has 0 amide bonds. The summed E-state index contributed by atoms with van der Waals surface area (Å²) in [7, 11) is 1.94. The van der Waals surface area contributed by atoms with Crippen LogP contribution in [0.15, 0.2) is 34.9 Å². The Labute approximate surface area is 112 Å². The zero-order valence-corrected chi connectivity index (χ0v) is 11.4. The third kappa shape index (κ3) is 3.59. The number of aromatic nitrogens is 1. The molecule has 0 aliphatic carbocycles. The highest BCUT2D eigenvalue weighted by atomic mass is 35.5. The van der Waals surface area contributed by atoms with Gasteiger partial charge in [-0.3, -0.25) is 0 Å². The number of benzene rings is 1. The van der Waals surface area contributed by atoms with Gasteiger partial charge in [-0.05, 0) is 31.7 Å². The Hall–Kier alpha value is -1.32. The fraction of sp³-hybridized carbons (Fsp3) is 0.357. The van der Waals surface area contributed by atoms with E-state index in [1.165, 1.54) is 0 Å². The van der Waals surface area contributed by atoms with Crippen LogP contribution < -0.4 is 5.32 Å². The molecule has 0 spiro atoms. The maximum absolute atomic E-state index is 5.94. The summed E-state index contributed by atoms with van der Waals surface area (Å²) in [4.78, 5) is 4.47. The van der Waals surface area contributed by atoms with Crippen molar-refractivity contribution in [2.75, 3.05) is 7.05 Å². The summed E-state index contributed by atoms with van der Waals surface area (Å²) in [6.45, 7) is 2.12. The normalized spacial score (nSPS) is 12.6. The van der Waals surface area contributed by atoms with E-state index >= 15 is 0 Å². The van der Waals surface area contributed by atoms with E-state index in [4.69, 9.17) is 16.0 Å². The van der Waals surface area contributed by atoms with Gasteiger partial charge in [0.05, 0.1) is 5.69 Å². The van der Waals surface area contributed by atoms with Gasteiger partial charge in [-0.2, -0.15) is 0 Å². The monoisotopic (exact) mass is 264 g/mol. The molecular weight excluding hydrogens is 248 g/mol. The Morgan fingerprint density at radius 2 is 2.28 bits per heavy atom. The van der Waals surface area contributed by atoms with Gasteiger partial charge in [-0.1, -0.05) is 23.7 Å². The molecule has 1 aromatic heterocycles. The molecule has 0 fully saturated rings. The van der Waals surface area contributed by atoms with E-state index in [1.54, 1.807) is 6.26 Å². The van der Waals surface area contributed by atoms with Crippen LogP contribution in [0.1, 0.15) is 24.1 Å². The molecule has 0 aliphatic rings. The van der Waals surface area contributed by atoms with E-state index in [-0.39, 0.29) is 0 Å². The fourth-order valence-corrected chi connectivity index (χ4v) is 1.97. The molecule has 1 N–H and O–H groups in total. The lowest BCUT2D eigenvalue weighted by molar-refractivity contribution is 0.505. The minimum Gasteiger partial charge on any atom is -0.448 e. The van der Waals surface area contributed by atoms with Crippen molar-refractivity contribution in [2.45, 2.75) is 25.8 Å². The third-order valence-corrected chi connectivity index (χ3v) is 3.09. The second kappa shape index (κ2) is 6.03. The van der Waals surface area contributed by atoms with Crippen molar-refractivity contribution in [3.63, 3.8) is 0 Å². The van der Waals surface area contributed by atoms with Crippen LogP contribution in [-0.4, -0.2) is 18.1 Å². The molecule has 4 heteroatoms. The molecule has 0 aliphatic heterocycles. The highest BCUT2D eigenvalue weighted by molar-refractivity contribution is 6.30. The Bertz CT molecular complexity index is 510. The lowest BCUT2D eigenvalue weighted by Gasteiger charge is -2.05. The minimum absolute atomic E-state index is 0.397. The molecule has 96 valence electrons. The number of rotatable bonds is 5. The van der Waals surface area contributed by atoms with Gasteiger partial charge in [-0.25, -0.2) is 4.98 Å². The molecule has 0 saturated heterocycles. The zero-order chi connectivity index (χ0) is 13.0. The van der Waals surface area contributed by atoms with Crippen molar-refractivity contribution in [1.82, 2.24) is 10.3 Å². The zero-order valence-electron chi connectivity index (χ0n) is 10.6. The first kappa shape index (κ1) is 13.1. The average Bonchev–Trinajstić information content (AvgIpc) is 2.76. The molecular formula is C14H17ClN2O. The van der Waals surface area contributed by atoms with Gasteiger partial charge in [0.2, 0.25) is 0 Å². The number of hydrogen-bond donors (Lipinski definition) is 1. The van der Waals surface area contributed by atoms with E-state index in [9.17, 15) is 0 Å². The van der Waals surface area contributed by atoms with Crippen molar-refractivity contribution < 1.29 is 4.42 Å². The standard InChI is InChI=1S/C14H17ClN2O/c1-10(16-2)6-13-9-18-14(17-13)8-11-4-3-5-12(15)7-11/h3-5,7,9-10,16H,6,8H2,1-2H3. The molecule has 18 heavy (non-hydrogen) atoms. The van der Waals surface area contributed by atoms with Gasteiger partial charge in [0.1, 0.15) is 6.26 Å². The number of nitrogens with one attached hydrogen (secondary N) is 1. The second-order valence-corrected chi connectivity index (χ2v) is 4.87. The van der Waals surface area contributed by atoms with Gasteiger partial charge < -0.3 is 9.73 Å². The fourth-order valence-electron chi connectivity index (χ4n) is 1.76. The summed E-state index contributed by atoms with van der Waals surface area (Å²) in [6, 6.07) is 8.15. The maximum Gasteiger partial charge on any atom is 0.198 e. The number of halogens is 1. The summed E-state index contributed by atoms with van der Waals surface area (Å²) in [5.41, 5.74) is 2.09. The number of oxazole rings is 1. The van der Waals surface area contributed by atoms with Crippen molar-refractivity contribution in [1.29, 1.82) is 0 Å². The van der Waals surface area contributed by atoms with Crippen LogP contribution in [0.5, 0.6) is 0 Å². The smallest absolute Gasteiger partial charge is 0.198 e. The van der Waals surface area contributed by atoms with Crippen LogP contribution in [-0.2, 0) is 12.8 Å². The van der Waals surface area contributed by atoms with Gasteiger partial charge in [0, 0.05) is 23.9 Å². The number of likely N-dealkylation sites (N-methyl/N-ethyl adjacent to an activating group) is 1. The molecule has 2 rings (SSSR count). The minimum atomic E-state index is 0.397. The van der Waals surface area contributed by atoms with Gasteiger partial charge in [0.25, 0.3) is 0 Å². The molecule has 1 heterocycles. The molecule has 2 aromatic rings. The number of nitrogens with zero attached hydrogens (tertiary/aromatic N) is 1. The van der Waals surface area contributed by atoms with Crippen LogP contribution in [0.25, 0.3) is 0 Å². The predicted octanol–water partition coefficient (Wildman–Crippen LogP) is 3.07. The van der Waals surface area contributed by atoms with Crippen LogP contribution in [0.2, 0.25) is 5.02 Å². The van der Waals surface area contributed by atoms with Crippen molar-refractivity contribution >= 4 is 11.6 Å². The Balaban J connectivity index is 2.02. The summed E-state index contributed by atoms with van der Waals surface area (Å²) in [6.07, 6.45) is 3.28. The molecule has 1 unspecified atom stereocenters. The van der Waals surface area contributed by atoms with Crippen LogP contribution in [0.3, 0.4) is 0 Å². The van der Waals surface area contributed by atoms with Crippen molar-refractivity contribution in [2.24, 2.45) is 0 Å². The molecule has 0 radical (unpaired) electrons. The summed E-state index contributed by atoms with van der Waals surface area (Å²) >= 11 is 5.94. The molecule has 3 nitrogen and oxygen atoms in total. The van der Waals surface area contributed by atoms with Crippen LogP contribution in [0, 0.1) is 0 Å². The molecule has 0 saturated carbocycles. The molecule has 1 atom stereocenters. The maximum atomic E-state index is 5.94. The first-order chi connectivity index (χ1) is 8.67. The quantitative estimate of drug-likeness (QED) is 0.902. The average molecular weight is 265 g/mol. The molecule has 1 aromatic carbocycles. The Morgan fingerprint density at radius 3 is 3.00 bits per heavy atom. The first-order valence-corrected chi connectivity index (χ1v) is 6.40. The number of hydrogen-bond acceptors (Lipinski definition) is 3. The van der Waals surface area contributed by atoms with Crippen molar-refractivity contribution in [3.05, 3.63) is 52.7 Å². The van der Waals surface area contributed by atoms with E-state index in [0.717, 1.165) is 28.6 Å². The molecule has 0 bridgehead atoms. The van der Waals surface area contributed by atoms with E-state index in [2.05, 4.69) is 17.2 Å². The Kier molecular flexibility index (Phi) is 4.39. The van der Waals surface area contributed by atoms with Crippen molar-refractivity contribution in [3.8, 4) is 0 Å². The Morgan fingerprint density at radius 1 is 1.44 bits per heavy atom.